The number of ether oxygens (including phenoxy) is 2. The summed E-state index contributed by atoms with van der Waals surface area (Å²) in [5.74, 6) is 2.27. The summed E-state index contributed by atoms with van der Waals surface area (Å²) >= 11 is 0. The van der Waals surface area contributed by atoms with Crippen LogP contribution in [0.2, 0.25) is 0 Å². The van der Waals surface area contributed by atoms with Crippen LogP contribution < -0.4 is 14.8 Å². The Labute approximate surface area is 182 Å². The second-order valence-electron chi connectivity index (χ2n) is 7.28. The molecule has 9 nitrogen and oxygen atoms in total. The molecule has 1 saturated heterocycles. The Bertz CT molecular complexity index is 926. The van der Waals surface area contributed by atoms with Crippen molar-refractivity contribution in [1.29, 1.82) is 0 Å². The van der Waals surface area contributed by atoms with Gasteiger partial charge < -0.3 is 19.7 Å². The van der Waals surface area contributed by atoms with Gasteiger partial charge in [-0.1, -0.05) is 18.2 Å². The normalized spacial score (nSPS) is 14.9. The molecule has 2 aromatic rings. The molecule has 0 aromatic heterocycles. The molecule has 0 aliphatic carbocycles. The first kappa shape index (κ1) is 22.4. The van der Waals surface area contributed by atoms with Crippen molar-refractivity contribution in [3.05, 3.63) is 63.7 Å². The molecule has 9 heteroatoms. The predicted octanol–water partition coefficient (Wildman–Crippen LogP) is 2.51. The van der Waals surface area contributed by atoms with Crippen LogP contribution in [0.25, 0.3) is 0 Å². The van der Waals surface area contributed by atoms with Gasteiger partial charge in [0, 0.05) is 58.4 Å². The molecule has 166 valence electrons. The molecule has 0 unspecified atom stereocenters. The molecule has 0 amide bonds. The second-order valence-corrected chi connectivity index (χ2v) is 7.28. The Hall–Kier alpha value is -3.33. The molecule has 1 aliphatic heterocycles. The van der Waals surface area contributed by atoms with Crippen LogP contribution in [0.5, 0.6) is 11.5 Å². The number of nitrogens with zero attached hydrogens (tertiary/aromatic N) is 4. The molecule has 31 heavy (non-hydrogen) atoms. The maximum absolute atomic E-state index is 11.0. The molecule has 0 bridgehead atoms. The highest BCUT2D eigenvalue weighted by atomic mass is 16.6. The number of rotatable bonds is 7. The first-order valence-electron chi connectivity index (χ1n) is 10.2. The zero-order chi connectivity index (χ0) is 22.2. The van der Waals surface area contributed by atoms with Crippen LogP contribution in [0.4, 0.5) is 5.69 Å². The first-order valence-corrected chi connectivity index (χ1v) is 10.2. The van der Waals surface area contributed by atoms with E-state index in [4.69, 9.17) is 9.47 Å². The van der Waals surface area contributed by atoms with Crippen LogP contribution >= 0.6 is 0 Å². The average Bonchev–Trinajstić information content (AvgIpc) is 2.80. The maximum atomic E-state index is 11.0. The van der Waals surface area contributed by atoms with Gasteiger partial charge in [-0.3, -0.25) is 20.0 Å². The Morgan fingerprint density at radius 3 is 2.45 bits per heavy atom. The van der Waals surface area contributed by atoms with Crippen molar-refractivity contribution < 1.29 is 14.4 Å². The van der Waals surface area contributed by atoms with Gasteiger partial charge >= 0.3 is 0 Å². The van der Waals surface area contributed by atoms with E-state index in [9.17, 15) is 10.1 Å². The summed E-state index contributed by atoms with van der Waals surface area (Å²) in [6.45, 7) is 4.84. The molecule has 0 atom stereocenters. The zero-order valence-corrected chi connectivity index (χ0v) is 18.2. The number of guanidine groups is 1. The van der Waals surface area contributed by atoms with E-state index in [1.165, 1.54) is 11.6 Å². The van der Waals surface area contributed by atoms with E-state index in [0.29, 0.717) is 6.54 Å². The molecule has 0 radical (unpaired) electrons. The molecular formula is C22H29N5O4. The van der Waals surface area contributed by atoms with Gasteiger partial charge in [-0.25, -0.2) is 0 Å². The van der Waals surface area contributed by atoms with Crippen molar-refractivity contribution in [2.45, 2.75) is 13.1 Å². The van der Waals surface area contributed by atoms with E-state index in [-0.39, 0.29) is 10.6 Å². The van der Waals surface area contributed by atoms with Crippen molar-refractivity contribution in [3.8, 4) is 11.5 Å². The highest BCUT2D eigenvalue weighted by Crippen LogP contribution is 2.28. The number of non-ortho nitro benzene ring substituents is 1. The minimum Gasteiger partial charge on any atom is -0.493 e. The molecule has 0 spiro atoms. The number of hydrogen-bond donors (Lipinski definition) is 1. The summed E-state index contributed by atoms with van der Waals surface area (Å²) in [4.78, 5) is 19.6. The first-order chi connectivity index (χ1) is 15.0. The van der Waals surface area contributed by atoms with Crippen molar-refractivity contribution >= 4 is 11.6 Å². The molecule has 2 aromatic carbocycles. The van der Waals surface area contributed by atoms with E-state index in [2.05, 4.69) is 26.2 Å². The van der Waals surface area contributed by atoms with Crippen molar-refractivity contribution in [2.24, 2.45) is 4.99 Å². The van der Waals surface area contributed by atoms with Crippen LogP contribution in [0.3, 0.4) is 0 Å². The minimum atomic E-state index is -0.379. The quantitative estimate of drug-likeness (QED) is 0.314. The number of nitro benzene ring substituents is 1. The predicted molar refractivity (Wildman–Crippen MR) is 120 cm³/mol. The van der Waals surface area contributed by atoms with Crippen LogP contribution in [0.15, 0.2) is 47.5 Å². The average molecular weight is 428 g/mol. The minimum absolute atomic E-state index is 0.0954. The number of aliphatic imine (C=N–C) groups is 1. The van der Waals surface area contributed by atoms with Gasteiger partial charge in [0.1, 0.15) is 0 Å². The third-order valence-electron chi connectivity index (χ3n) is 5.31. The van der Waals surface area contributed by atoms with Gasteiger partial charge in [0.2, 0.25) is 0 Å². The highest BCUT2D eigenvalue weighted by Gasteiger charge is 2.20. The third-order valence-corrected chi connectivity index (χ3v) is 5.31. The number of hydrogen-bond acceptors (Lipinski definition) is 6. The van der Waals surface area contributed by atoms with Gasteiger partial charge in [0.05, 0.1) is 19.1 Å². The lowest BCUT2D eigenvalue weighted by Crippen LogP contribution is -2.52. The Morgan fingerprint density at radius 1 is 1.06 bits per heavy atom. The molecule has 1 N–H and O–H groups in total. The van der Waals surface area contributed by atoms with Gasteiger partial charge in [0.15, 0.2) is 17.5 Å². The molecule has 1 heterocycles. The molecule has 0 saturated carbocycles. The fourth-order valence-electron chi connectivity index (χ4n) is 3.65. The Balaban J connectivity index is 1.52. The maximum Gasteiger partial charge on any atom is 0.269 e. The number of piperazine rings is 1. The van der Waals surface area contributed by atoms with Gasteiger partial charge in [0.25, 0.3) is 5.69 Å². The van der Waals surface area contributed by atoms with Gasteiger partial charge in [-0.2, -0.15) is 0 Å². The lowest BCUT2D eigenvalue weighted by atomic mass is 10.1. The lowest BCUT2D eigenvalue weighted by Gasteiger charge is -2.36. The van der Waals surface area contributed by atoms with E-state index < -0.39 is 0 Å². The van der Waals surface area contributed by atoms with Crippen LogP contribution in [-0.4, -0.2) is 68.1 Å². The SMILES string of the molecule is CN=C(NCc1cccc([N+](=O)[O-])c1)N1CCN(Cc2ccc(OC)c(OC)c2)CC1. The second kappa shape index (κ2) is 10.6. The summed E-state index contributed by atoms with van der Waals surface area (Å²) in [5.41, 5.74) is 2.12. The highest BCUT2D eigenvalue weighted by molar-refractivity contribution is 5.80. The summed E-state index contributed by atoms with van der Waals surface area (Å²) < 4.78 is 10.7. The van der Waals surface area contributed by atoms with Crippen LogP contribution in [-0.2, 0) is 13.1 Å². The number of nitrogens with one attached hydrogen (secondary N) is 1. The monoisotopic (exact) mass is 427 g/mol. The topological polar surface area (TPSA) is 92.5 Å². The van der Waals surface area contributed by atoms with E-state index in [0.717, 1.165) is 55.7 Å². The van der Waals surface area contributed by atoms with E-state index in [1.807, 2.05) is 18.2 Å². The van der Waals surface area contributed by atoms with Crippen LogP contribution in [0, 0.1) is 10.1 Å². The van der Waals surface area contributed by atoms with E-state index in [1.54, 1.807) is 33.4 Å². The fraction of sp³-hybridized carbons (Fsp3) is 0.409. The molecule has 1 aliphatic rings. The zero-order valence-electron chi connectivity index (χ0n) is 18.2. The third kappa shape index (κ3) is 5.85. The lowest BCUT2D eigenvalue weighted by molar-refractivity contribution is -0.384. The summed E-state index contributed by atoms with van der Waals surface area (Å²) in [6.07, 6.45) is 0. The Morgan fingerprint density at radius 2 is 1.81 bits per heavy atom. The number of nitro groups is 1. The van der Waals surface area contributed by atoms with Crippen molar-refractivity contribution in [2.75, 3.05) is 47.4 Å². The number of methoxy groups -OCH3 is 2. The number of benzene rings is 2. The summed E-state index contributed by atoms with van der Waals surface area (Å²) in [7, 11) is 5.04. The fourth-order valence-corrected chi connectivity index (χ4v) is 3.65. The van der Waals surface area contributed by atoms with E-state index >= 15 is 0 Å². The van der Waals surface area contributed by atoms with Crippen LogP contribution in [0.1, 0.15) is 11.1 Å². The molecule has 3 rings (SSSR count). The smallest absolute Gasteiger partial charge is 0.269 e. The molecular weight excluding hydrogens is 398 g/mol. The Kier molecular flexibility index (Phi) is 7.66. The summed E-state index contributed by atoms with van der Waals surface area (Å²) in [6, 6.07) is 12.7. The molecule has 1 fully saturated rings. The largest absolute Gasteiger partial charge is 0.493 e. The van der Waals surface area contributed by atoms with Gasteiger partial charge in [-0.15, -0.1) is 0 Å². The van der Waals surface area contributed by atoms with Gasteiger partial charge in [-0.05, 0) is 23.3 Å². The van der Waals surface area contributed by atoms with Crippen molar-refractivity contribution in [1.82, 2.24) is 15.1 Å². The standard InChI is InChI=1S/C22H29N5O4/c1-23-22(24-15-17-5-4-6-19(13-17)27(28)29)26-11-9-25(10-12-26)16-18-7-8-20(30-2)21(14-18)31-3/h4-8,13-14H,9-12,15-16H2,1-3H3,(H,23,24). The van der Waals surface area contributed by atoms with Crippen molar-refractivity contribution in [3.63, 3.8) is 0 Å². The summed E-state index contributed by atoms with van der Waals surface area (Å²) in [5, 5.41) is 14.3.